The highest BCUT2D eigenvalue weighted by atomic mass is 32.2. The largest absolute Gasteiger partial charge is 0.340 e. The zero-order valence-corrected chi connectivity index (χ0v) is 16.6. The summed E-state index contributed by atoms with van der Waals surface area (Å²) in [6.07, 6.45) is 4.77. The summed E-state index contributed by atoms with van der Waals surface area (Å²) in [5, 5.41) is 3.41. The lowest BCUT2D eigenvalue weighted by Crippen LogP contribution is -2.00. The lowest BCUT2D eigenvalue weighted by atomic mass is 9.99. The highest BCUT2D eigenvalue weighted by molar-refractivity contribution is 7.96. The van der Waals surface area contributed by atoms with Crippen LogP contribution in [0.3, 0.4) is 0 Å². The van der Waals surface area contributed by atoms with E-state index < -0.39 is 0 Å². The Kier molecular flexibility index (Phi) is 8.19. The van der Waals surface area contributed by atoms with E-state index in [-0.39, 0.29) is 0 Å². The summed E-state index contributed by atoms with van der Waals surface area (Å²) in [6.45, 7) is 8.33. The van der Waals surface area contributed by atoms with Gasteiger partial charge in [0.1, 0.15) is 5.82 Å². The molecule has 136 valence electrons. The van der Waals surface area contributed by atoms with Crippen molar-refractivity contribution in [2.24, 2.45) is 4.99 Å². The second-order valence-corrected chi connectivity index (χ2v) is 6.76. The van der Waals surface area contributed by atoms with Crippen LogP contribution < -0.4 is 10.0 Å². The molecule has 3 nitrogen and oxygen atoms in total. The van der Waals surface area contributed by atoms with Crippen LogP contribution in [0, 0.1) is 0 Å². The maximum absolute atomic E-state index is 4.48. The molecule has 0 aliphatic carbocycles. The minimum atomic E-state index is 0.779. The van der Waals surface area contributed by atoms with Gasteiger partial charge in [-0.1, -0.05) is 61.8 Å². The number of nitrogens with zero attached hydrogens (tertiary/aromatic N) is 1. The summed E-state index contributed by atoms with van der Waals surface area (Å²) in [7, 11) is 1.93. The Balaban J connectivity index is 2.23. The lowest BCUT2D eigenvalue weighted by molar-refractivity contribution is 1.13. The first-order chi connectivity index (χ1) is 12.7. The van der Waals surface area contributed by atoms with Gasteiger partial charge in [0.15, 0.2) is 0 Å². The molecular weight excluding hydrogens is 338 g/mol. The molecule has 2 rings (SSSR count). The maximum atomic E-state index is 4.48. The molecule has 0 aliphatic heterocycles. The van der Waals surface area contributed by atoms with Gasteiger partial charge in [0, 0.05) is 17.7 Å². The van der Waals surface area contributed by atoms with Gasteiger partial charge >= 0.3 is 0 Å². The molecule has 2 aromatic rings. The average molecular weight is 366 g/mol. The average Bonchev–Trinajstić information content (AvgIpc) is 2.66. The lowest BCUT2D eigenvalue weighted by Gasteiger charge is -2.11. The SMILES string of the molecule is C=C(/C=C(\N=CC)Nc1cccc(CSNC)c1)c1ccccc1CC. The number of hydrogen-bond donors (Lipinski definition) is 2. The molecule has 0 saturated heterocycles. The number of nitrogens with one attached hydrogen (secondary N) is 2. The summed E-state index contributed by atoms with van der Waals surface area (Å²) < 4.78 is 3.10. The maximum Gasteiger partial charge on any atom is 0.130 e. The standard InChI is InChI=1S/C22H27N3S/c1-5-19-11-7-8-13-21(19)17(3)14-22(24-6-2)25-20-12-9-10-18(15-20)16-26-23-4/h6-15,23,25H,3,5,16H2,1-2,4H3/b22-14+,24-6?. The molecule has 26 heavy (non-hydrogen) atoms. The topological polar surface area (TPSA) is 36.4 Å². The fourth-order valence-corrected chi connectivity index (χ4v) is 3.16. The van der Waals surface area contributed by atoms with Crippen LogP contribution in [-0.2, 0) is 12.2 Å². The Bertz CT molecular complexity index is 793. The van der Waals surface area contributed by atoms with Crippen molar-refractivity contribution in [3.8, 4) is 0 Å². The van der Waals surface area contributed by atoms with E-state index in [9.17, 15) is 0 Å². The molecule has 0 heterocycles. The number of anilines is 1. The molecule has 0 bridgehead atoms. The number of rotatable bonds is 9. The zero-order valence-electron chi connectivity index (χ0n) is 15.8. The molecule has 0 aromatic heterocycles. The van der Waals surface area contributed by atoms with Gasteiger partial charge < -0.3 is 5.32 Å². The molecule has 0 aliphatic rings. The minimum Gasteiger partial charge on any atom is -0.340 e. The van der Waals surface area contributed by atoms with Crippen molar-refractivity contribution in [1.82, 2.24) is 4.72 Å². The first kappa shape index (κ1) is 20.0. The molecule has 0 saturated carbocycles. The quantitative estimate of drug-likeness (QED) is 0.341. The number of aliphatic imine (C=N–C) groups is 1. The van der Waals surface area contributed by atoms with Gasteiger partial charge in [-0.15, -0.1) is 0 Å². The highest BCUT2D eigenvalue weighted by Gasteiger charge is 2.05. The van der Waals surface area contributed by atoms with Gasteiger partial charge in [0.05, 0.1) is 0 Å². The third-order valence-electron chi connectivity index (χ3n) is 3.91. The summed E-state index contributed by atoms with van der Waals surface area (Å²) in [5.74, 6) is 1.69. The predicted octanol–water partition coefficient (Wildman–Crippen LogP) is 5.67. The van der Waals surface area contributed by atoms with E-state index in [0.29, 0.717) is 0 Å². The van der Waals surface area contributed by atoms with Crippen LogP contribution in [0.4, 0.5) is 5.69 Å². The van der Waals surface area contributed by atoms with Crippen molar-refractivity contribution in [1.29, 1.82) is 0 Å². The number of hydrogen-bond acceptors (Lipinski definition) is 4. The minimum absolute atomic E-state index is 0.779. The first-order valence-electron chi connectivity index (χ1n) is 8.80. The van der Waals surface area contributed by atoms with Crippen molar-refractivity contribution in [2.75, 3.05) is 12.4 Å². The third-order valence-corrected chi connectivity index (χ3v) is 4.67. The van der Waals surface area contributed by atoms with Gasteiger partial charge in [0.2, 0.25) is 0 Å². The van der Waals surface area contributed by atoms with E-state index in [1.54, 1.807) is 18.2 Å². The zero-order chi connectivity index (χ0) is 18.8. The Morgan fingerprint density at radius 1 is 1.19 bits per heavy atom. The van der Waals surface area contributed by atoms with Crippen molar-refractivity contribution in [3.05, 3.63) is 83.7 Å². The molecular formula is C22H27N3S. The number of allylic oxidation sites excluding steroid dienone is 2. The van der Waals surface area contributed by atoms with Crippen LogP contribution in [0.5, 0.6) is 0 Å². The fraction of sp³-hybridized carbons (Fsp3) is 0.227. The molecule has 4 heteroatoms. The summed E-state index contributed by atoms with van der Waals surface area (Å²) >= 11 is 1.67. The van der Waals surface area contributed by atoms with Crippen molar-refractivity contribution in [3.63, 3.8) is 0 Å². The van der Waals surface area contributed by atoms with Crippen LogP contribution in [0.2, 0.25) is 0 Å². The molecule has 0 radical (unpaired) electrons. The van der Waals surface area contributed by atoms with Crippen molar-refractivity contribution >= 4 is 29.4 Å². The Hall–Kier alpha value is -2.30. The monoisotopic (exact) mass is 365 g/mol. The normalized spacial score (nSPS) is 11.7. The Morgan fingerprint density at radius 2 is 2.00 bits per heavy atom. The summed E-state index contributed by atoms with van der Waals surface area (Å²) in [4.78, 5) is 4.48. The van der Waals surface area contributed by atoms with Crippen LogP contribution in [0.25, 0.3) is 5.57 Å². The third kappa shape index (κ3) is 5.90. The second-order valence-electron chi connectivity index (χ2n) is 5.77. The highest BCUT2D eigenvalue weighted by Crippen LogP contribution is 2.22. The molecule has 2 N–H and O–H groups in total. The summed E-state index contributed by atoms with van der Waals surface area (Å²) in [5.41, 5.74) is 5.69. The van der Waals surface area contributed by atoms with E-state index in [0.717, 1.165) is 29.3 Å². The Morgan fingerprint density at radius 3 is 2.73 bits per heavy atom. The van der Waals surface area contributed by atoms with E-state index in [1.807, 2.05) is 26.1 Å². The smallest absolute Gasteiger partial charge is 0.130 e. The van der Waals surface area contributed by atoms with Crippen LogP contribution in [0.1, 0.15) is 30.5 Å². The number of benzene rings is 2. The molecule has 0 spiro atoms. The molecule has 2 aromatic carbocycles. The van der Waals surface area contributed by atoms with Crippen molar-refractivity contribution in [2.45, 2.75) is 26.0 Å². The summed E-state index contributed by atoms with van der Waals surface area (Å²) in [6, 6.07) is 16.8. The van der Waals surface area contributed by atoms with Crippen LogP contribution in [0.15, 0.2) is 72.0 Å². The van der Waals surface area contributed by atoms with Gasteiger partial charge in [-0.25, -0.2) is 4.99 Å². The van der Waals surface area contributed by atoms with Crippen molar-refractivity contribution < 1.29 is 0 Å². The number of aryl methyl sites for hydroxylation is 1. The van der Waals surface area contributed by atoms with E-state index in [4.69, 9.17) is 0 Å². The first-order valence-corrected chi connectivity index (χ1v) is 9.78. The Labute approximate surface area is 161 Å². The van der Waals surface area contributed by atoms with E-state index >= 15 is 0 Å². The van der Waals surface area contributed by atoms with Gasteiger partial charge in [-0.3, -0.25) is 4.72 Å². The van der Waals surface area contributed by atoms with Gasteiger partial charge in [-0.05, 0) is 60.9 Å². The van der Waals surface area contributed by atoms with Gasteiger partial charge in [0.25, 0.3) is 0 Å². The predicted molar refractivity (Wildman–Crippen MR) is 118 cm³/mol. The second kappa shape index (κ2) is 10.6. The van der Waals surface area contributed by atoms with Crippen LogP contribution >= 0.6 is 11.9 Å². The van der Waals surface area contributed by atoms with E-state index in [2.05, 4.69) is 71.0 Å². The fourth-order valence-electron chi connectivity index (χ4n) is 2.67. The molecule has 0 unspecified atom stereocenters. The molecule has 0 amide bonds. The van der Waals surface area contributed by atoms with Gasteiger partial charge in [-0.2, -0.15) is 0 Å². The molecule has 0 fully saturated rings. The van der Waals surface area contributed by atoms with E-state index in [1.165, 1.54) is 16.7 Å². The van der Waals surface area contributed by atoms with Crippen LogP contribution in [-0.4, -0.2) is 13.3 Å². The molecule has 0 atom stereocenters.